The van der Waals surface area contributed by atoms with Crippen molar-refractivity contribution in [1.82, 2.24) is 10.2 Å². The standard InChI is InChI=1S/C21H21ClN4O2/c1-28-19-11-9-16(14-17(19)22)24-21(27)18-10-12-20(26-25-18)23-13-5-8-15-6-3-2-4-7-15/h2-4,6-7,9-12,14H,5,8,13H2,1H3,(H,23,26)(H,24,27). The summed E-state index contributed by atoms with van der Waals surface area (Å²) in [6, 6.07) is 18.7. The lowest BCUT2D eigenvalue weighted by Gasteiger charge is -2.08. The molecule has 0 aliphatic heterocycles. The van der Waals surface area contributed by atoms with E-state index in [1.54, 1.807) is 30.3 Å². The van der Waals surface area contributed by atoms with Gasteiger partial charge in [0.15, 0.2) is 5.69 Å². The van der Waals surface area contributed by atoms with E-state index >= 15 is 0 Å². The fraction of sp³-hybridized carbons (Fsp3) is 0.190. The Labute approximate surface area is 168 Å². The Morgan fingerprint density at radius 2 is 1.89 bits per heavy atom. The molecule has 0 spiro atoms. The maximum atomic E-state index is 12.3. The second-order valence-corrected chi connectivity index (χ2v) is 6.53. The third-order valence-electron chi connectivity index (χ3n) is 4.10. The van der Waals surface area contributed by atoms with Crippen LogP contribution in [0.25, 0.3) is 0 Å². The molecular weight excluding hydrogens is 376 g/mol. The molecule has 0 aliphatic rings. The number of carbonyl (C=O) groups excluding carboxylic acids is 1. The molecule has 1 amide bonds. The number of nitrogens with one attached hydrogen (secondary N) is 2. The van der Waals surface area contributed by atoms with Crippen molar-refractivity contribution in [2.75, 3.05) is 24.3 Å². The van der Waals surface area contributed by atoms with Gasteiger partial charge in [-0.25, -0.2) is 0 Å². The van der Waals surface area contributed by atoms with Gasteiger partial charge >= 0.3 is 0 Å². The predicted octanol–water partition coefficient (Wildman–Crippen LogP) is 4.44. The van der Waals surface area contributed by atoms with Crippen LogP contribution in [0.3, 0.4) is 0 Å². The number of hydrogen-bond acceptors (Lipinski definition) is 5. The second-order valence-electron chi connectivity index (χ2n) is 6.12. The van der Waals surface area contributed by atoms with Crippen molar-refractivity contribution in [2.45, 2.75) is 12.8 Å². The molecule has 2 aromatic carbocycles. The highest BCUT2D eigenvalue weighted by atomic mass is 35.5. The normalized spacial score (nSPS) is 10.4. The molecule has 0 radical (unpaired) electrons. The van der Waals surface area contributed by atoms with Crippen LogP contribution in [0.1, 0.15) is 22.5 Å². The lowest BCUT2D eigenvalue weighted by Crippen LogP contribution is -2.15. The predicted molar refractivity (Wildman–Crippen MR) is 111 cm³/mol. The van der Waals surface area contributed by atoms with Crippen LogP contribution >= 0.6 is 11.6 Å². The van der Waals surface area contributed by atoms with Crippen molar-refractivity contribution < 1.29 is 9.53 Å². The zero-order valence-electron chi connectivity index (χ0n) is 15.5. The molecule has 0 saturated heterocycles. The van der Waals surface area contributed by atoms with Gasteiger partial charge in [0.2, 0.25) is 0 Å². The molecule has 144 valence electrons. The summed E-state index contributed by atoms with van der Waals surface area (Å²) < 4.78 is 5.09. The molecular formula is C21H21ClN4O2. The van der Waals surface area contributed by atoms with Crippen LogP contribution in [-0.4, -0.2) is 29.8 Å². The lowest BCUT2D eigenvalue weighted by atomic mass is 10.1. The Bertz CT molecular complexity index is 917. The van der Waals surface area contributed by atoms with Gasteiger partial charge in [0.1, 0.15) is 11.6 Å². The number of aromatic nitrogens is 2. The first kappa shape index (κ1) is 19.6. The number of hydrogen-bond donors (Lipinski definition) is 2. The van der Waals surface area contributed by atoms with E-state index in [2.05, 4.69) is 33.0 Å². The van der Waals surface area contributed by atoms with Gasteiger partial charge in [-0.2, -0.15) is 0 Å². The smallest absolute Gasteiger partial charge is 0.276 e. The van der Waals surface area contributed by atoms with Crippen LogP contribution in [0.5, 0.6) is 5.75 Å². The highest BCUT2D eigenvalue weighted by molar-refractivity contribution is 6.32. The highest BCUT2D eigenvalue weighted by Gasteiger charge is 2.10. The summed E-state index contributed by atoms with van der Waals surface area (Å²) in [6.07, 6.45) is 1.97. The monoisotopic (exact) mass is 396 g/mol. The number of carbonyl (C=O) groups is 1. The fourth-order valence-corrected chi connectivity index (χ4v) is 2.90. The largest absolute Gasteiger partial charge is 0.495 e. The molecule has 3 aromatic rings. The summed E-state index contributed by atoms with van der Waals surface area (Å²) in [5.41, 5.74) is 2.09. The molecule has 0 aliphatic carbocycles. The first-order valence-electron chi connectivity index (χ1n) is 8.92. The maximum Gasteiger partial charge on any atom is 0.276 e. The summed E-state index contributed by atoms with van der Waals surface area (Å²) in [6.45, 7) is 0.777. The minimum Gasteiger partial charge on any atom is -0.495 e. The molecule has 0 bridgehead atoms. The van der Waals surface area contributed by atoms with Crippen LogP contribution in [0.15, 0.2) is 60.7 Å². The minimum absolute atomic E-state index is 0.224. The van der Waals surface area contributed by atoms with Crippen LogP contribution in [0, 0.1) is 0 Å². The van der Waals surface area contributed by atoms with Gasteiger partial charge < -0.3 is 15.4 Å². The van der Waals surface area contributed by atoms with E-state index in [4.69, 9.17) is 16.3 Å². The second kappa shape index (κ2) is 9.71. The molecule has 1 heterocycles. The molecule has 7 heteroatoms. The summed E-state index contributed by atoms with van der Waals surface area (Å²) in [7, 11) is 1.53. The number of ether oxygens (including phenoxy) is 1. The lowest BCUT2D eigenvalue weighted by molar-refractivity contribution is 0.102. The van der Waals surface area contributed by atoms with E-state index in [1.165, 1.54) is 12.7 Å². The van der Waals surface area contributed by atoms with Crippen molar-refractivity contribution in [3.8, 4) is 5.75 Å². The quantitative estimate of drug-likeness (QED) is 0.550. The van der Waals surface area contributed by atoms with Gasteiger partial charge in [-0.15, -0.1) is 10.2 Å². The molecule has 0 fully saturated rings. The Hall–Kier alpha value is -3.12. The summed E-state index contributed by atoms with van der Waals surface area (Å²) in [4.78, 5) is 12.3. The van der Waals surface area contributed by atoms with Gasteiger partial charge in [-0.05, 0) is 48.7 Å². The van der Waals surface area contributed by atoms with Crippen molar-refractivity contribution in [2.24, 2.45) is 0 Å². The van der Waals surface area contributed by atoms with E-state index in [0.29, 0.717) is 22.3 Å². The Kier molecular flexibility index (Phi) is 6.81. The number of rotatable bonds is 8. The SMILES string of the molecule is COc1ccc(NC(=O)c2ccc(NCCCc3ccccc3)nn2)cc1Cl. The van der Waals surface area contributed by atoms with E-state index in [1.807, 2.05) is 18.2 Å². The zero-order valence-corrected chi connectivity index (χ0v) is 16.2. The number of halogens is 1. The third kappa shape index (κ3) is 5.44. The fourth-order valence-electron chi connectivity index (χ4n) is 2.64. The zero-order chi connectivity index (χ0) is 19.8. The van der Waals surface area contributed by atoms with Crippen molar-refractivity contribution in [1.29, 1.82) is 0 Å². The van der Waals surface area contributed by atoms with Crippen LogP contribution < -0.4 is 15.4 Å². The average Bonchev–Trinajstić information content (AvgIpc) is 2.72. The number of benzene rings is 2. The van der Waals surface area contributed by atoms with Gasteiger partial charge in [0.05, 0.1) is 12.1 Å². The van der Waals surface area contributed by atoms with E-state index in [-0.39, 0.29) is 11.6 Å². The number of amides is 1. The molecule has 2 N–H and O–H groups in total. The molecule has 1 aromatic heterocycles. The van der Waals surface area contributed by atoms with Crippen LogP contribution in [0.4, 0.5) is 11.5 Å². The first-order chi connectivity index (χ1) is 13.7. The van der Waals surface area contributed by atoms with E-state index in [9.17, 15) is 4.79 Å². The summed E-state index contributed by atoms with van der Waals surface area (Å²) in [5.74, 6) is 0.823. The van der Waals surface area contributed by atoms with Crippen molar-refractivity contribution in [3.63, 3.8) is 0 Å². The van der Waals surface area contributed by atoms with Gasteiger partial charge in [-0.1, -0.05) is 41.9 Å². The molecule has 3 rings (SSSR count). The van der Waals surface area contributed by atoms with Crippen LogP contribution in [0.2, 0.25) is 5.02 Å². The van der Waals surface area contributed by atoms with Gasteiger partial charge in [0.25, 0.3) is 5.91 Å². The van der Waals surface area contributed by atoms with Crippen molar-refractivity contribution in [3.05, 3.63) is 76.9 Å². The first-order valence-corrected chi connectivity index (χ1v) is 9.30. The number of aryl methyl sites for hydroxylation is 1. The number of nitrogens with zero attached hydrogens (tertiary/aromatic N) is 2. The van der Waals surface area contributed by atoms with E-state index < -0.39 is 0 Å². The third-order valence-corrected chi connectivity index (χ3v) is 4.39. The minimum atomic E-state index is -0.357. The average molecular weight is 397 g/mol. The Balaban J connectivity index is 1.49. The Morgan fingerprint density at radius 3 is 2.57 bits per heavy atom. The number of anilines is 2. The molecule has 6 nitrogen and oxygen atoms in total. The topological polar surface area (TPSA) is 76.1 Å². The Morgan fingerprint density at radius 1 is 1.07 bits per heavy atom. The molecule has 0 saturated carbocycles. The number of methoxy groups -OCH3 is 1. The van der Waals surface area contributed by atoms with Gasteiger partial charge in [-0.3, -0.25) is 4.79 Å². The summed E-state index contributed by atoms with van der Waals surface area (Å²) in [5, 5.41) is 14.4. The van der Waals surface area contributed by atoms with Gasteiger partial charge in [0, 0.05) is 12.2 Å². The van der Waals surface area contributed by atoms with Crippen molar-refractivity contribution >= 4 is 29.0 Å². The molecule has 28 heavy (non-hydrogen) atoms. The van der Waals surface area contributed by atoms with Crippen LogP contribution in [-0.2, 0) is 6.42 Å². The highest BCUT2D eigenvalue weighted by Crippen LogP contribution is 2.27. The maximum absolute atomic E-state index is 12.3. The molecule has 0 unspecified atom stereocenters. The summed E-state index contributed by atoms with van der Waals surface area (Å²) >= 11 is 6.07. The molecule has 0 atom stereocenters. The van der Waals surface area contributed by atoms with E-state index in [0.717, 1.165) is 19.4 Å².